The second-order valence-electron chi connectivity index (χ2n) is 6.16. The highest BCUT2D eigenvalue weighted by Gasteiger charge is 2.46. The smallest absolute Gasteiger partial charge is 0.311 e. The highest BCUT2D eigenvalue weighted by atomic mass is 32.2. The molecule has 3 nitrogen and oxygen atoms in total. The van der Waals surface area contributed by atoms with Crippen LogP contribution in [0.2, 0.25) is 0 Å². The number of aliphatic carboxylic acids is 1. The van der Waals surface area contributed by atoms with Gasteiger partial charge in [-0.25, -0.2) is 0 Å². The fraction of sp³-hybridized carbons (Fsp3) is 0.389. The van der Waals surface area contributed by atoms with E-state index in [1.807, 2.05) is 23.9 Å². The van der Waals surface area contributed by atoms with Crippen LogP contribution in [0.5, 0.6) is 0 Å². The van der Waals surface area contributed by atoms with Gasteiger partial charge in [-0.05, 0) is 11.3 Å². The average molecular weight is 313 g/mol. The Morgan fingerprint density at radius 1 is 1.18 bits per heavy atom. The summed E-state index contributed by atoms with van der Waals surface area (Å²) in [5, 5.41) is 10.1. The Balaban J connectivity index is 1.81. The number of carbonyl (C=O) groups is 1. The van der Waals surface area contributed by atoms with E-state index in [-0.39, 0.29) is 18.0 Å². The highest BCUT2D eigenvalue weighted by molar-refractivity contribution is 8.03. The molecule has 1 fully saturated rings. The van der Waals surface area contributed by atoms with E-state index < -0.39 is 11.9 Å². The first-order valence-electron chi connectivity index (χ1n) is 7.79. The summed E-state index contributed by atoms with van der Waals surface area (Å²) in [6.07, 6.45) is 20.0. The van der Waals surface area contributed by atoms with Gasteiger partial charge in [0.05, 0.1) is 5.92 Å². The molecule has 0 radical (unpaired) electrons. The predicted molar refractivity (Wildman–Crippen MR) is 89.5 cm³/mol. The molecule has 0 bridgehead atoms. The molecule has 2 aliphatic carbocycles. The van der Waals surface area contributed by atoms with Crippen molar-refractivity contribution in [1.82, 2.24) is 4.90 Å². The summed E-state index contributed by atoms with van der Waals surface area (Å²) in [6.45, 7) is 0.835. The van der Waals surface area contributed by atoms with Crippen molar-refractivity contribution in [3.63, 3.8) is 0 Å². The van der Waals surface area contributed by atoms with Gasteiger partial charge in [-0.1, -0.05) is 54.7 Å². The van der Waals surface area contributed by atoms with Crippen molar-refractivity contribution in [3.05, 3.63) is 59.6 Å². The Morgan fingerprint density at radius 2 is 2.05 bits per heavy atom. The second-order valence-corrected chi connectivity index (χ2v) is 7.41. The van der Waals surface area contributed by atoms with Crippen LogP contribution in [0.1, 0.15) is 6.42 Å². The van der Waals surface area contributed by atoms with Crippen LogP contribution in [0.4, 0.5) is 0 Å². The summed E-state index contributed by atoms with van der Waals surface area (Å²) < 4.78 is 0. The van der Waals surface area contributed by atoms with Crippen molar-refractivity contribution in [2.24, 2.45) is 11.8 Å². The minimum Gasteiger partial charge on any atom is -0.481 e. The maximum atomic E-state index is 11.8. The van der Waals surface area contributed by atoms with E-state index in [0.717, 1.165) is 13.0 Å². The summed E-state index contributed by atoms with van der Waals surface area (Å²) in [6, 6.07) is 0.315. The molecule has 0 amide bonds. The first-order chi connectivity index (χ1) is 10.8. The molecular weight excluding hydrogens is 294 g/mol. The number of hydrogen-bond donors (Lipinski definition) is 1. The van der Waals surface area contributed by atoms with Gasteiger partial charge in [0.1, 0.15) is 0 Å². The fourth-order valence-corrected chi connectivity index (χ4v) is 5.44. The number of allylic oxidation sites excluding steroid dienone is 5. The van der Waals surface area contributed by atoms with Crippen molar-refractivity contribution in [3.8, 4) is 0 Å². The van der Waals surface area contributed by atoms with Crippen molar-refractivity contribution in [1.29, 1.82) is 0 Å². The largest absolute Gasteiger partial charge is 0.481 e. The Hall–Kier alpha value is -1.52. The summed E-state index contributed by atoms with van der Waals surface area (Å²) >= 11 is 1.91. The molecule has 2 heterocycles. The summed E-state index contributed by atoms with van der Waals surface area (Å²) in [5.74, 6) is -0.848. The van der Waals surface area contributed by atoms with Crippen LogP contribution in [-0.2, 0) is 4.79 Å². The third-order valence-corrected chi connectivity index (χ3v) is 6.39. The number of thioether (sulfide) groups is 1. The van der Waals surface area contributed by atoms with Gasteiger partial charge in [-0.2, -0.15) is 0 Å². The van der Waals surface area contributed by atoms with Crippen molar-refractivity contribution in [2.45, 2.75) is 23.8 Å². The number of rotatable bonds is 1. The molecule has 0 spiro atoms. The molecule has 2 aliphatic heterocycles. The fourth-order valence-electron chi connectivity index (χ4n) is 4.00. The topological polar surface area (TPSA) is 40.5 Å². The maximum absolute atomic E-state index is 11.8. The van der Waals surface area contributed by atoms with E-state index >= 15 is 0 Å². The van der Waals surface area contributed by atoms with Gasteiger partial charge in [0.15, 0.2) is 0 Å². The van der Waals surface area contributed by atoms with Gasteiger partial charge >= 0.3 is 5.97 Å². The van der Waals surface area contributed by atoms with Gasteiger partial charge in [-0.3, -0.25) is 9.69 Å². The lowest BCUT2D eigenvalue weighted by Gasteiger charge is -2.43. The van der Waals surface area contributed by atoms with Crippen LogP contribution in [0.15, 0.2) is 59.6 Å². The van der Waals surface area contributed by atoms with Crippen molar-refractivity contribution >= 4 is 17.7 Å². The van der Waals surface area contributed by atoms with E-state index in [0.29, 0.717) is 5.25 Å². The highest BCUT2D eigenvalue weighted by Crippen LogP contribution is 2.47. The SMILES string of the molecule is O=C(O)C1C=CCN2C3C=CC=CC3SC3=CC=CCC3C12. The number of carboxylic acids is 1. The Morgan fingerprint density at radius 3 is 2.91 bits per heavy atom. The van der Waals surface area contributed by atoms with Crippen LogP contribution >= 0.6 is 11.8 Å². The molecule has 4 heteroatoms. The molecule has 1 N–H and O–H groups in total. The molecule has 0 aromatic rings. The Labute approximate surface area is 134 Å². The molecule has 0 saturated carbocycles. The summed E-state index contributed by atoms with van der Waals surface area (Å²) in [5.41, 5.74) is 0. The molecule has 5 atom stereocenters. The molecular formula is C18H19NO2S. The molecule has 22 heavy (non-hydrogen) atoms. The summed E-state index contributed by atoms with van der Waals surface area (Å²) in [7, 11) is 0. The summed E-state index contributed by atoms with van der Waals surface area (Å²) in [4.78, 5) is 15.5. The Bertz CT molecular complexity index is 631. The molecule has 114 valence electrons. The van der Waals surface area contributed by atoms with Gasteiger partial charge in [-0.15, -0.1) is 11.8 Å². The van der Waals surface area contributed by atoms with Gasteiger partial charge < -0.3 is 5.11 Å². The first kappa shape index (κ1) is 14.1. The molecule has 5 unspecified atom stereocenters. The van der Waals surface area contributed by atoms with Crippen molar-refractivity contribution in [2.75, 3.05) is 6.54 Å². The van der Waals surface area contributed by atoms with Gasteiger partial charge in [0.25, 0.3) is 0 Å². The lowest BCUT2D eigenvalue weighted by molar-refractivity contribution is -0.143. The molecule has 0 aromatic carbocycles. The minimum atomic E-state index is -0.710. The van der Waals surface area contributed by atoms with E-state index in [1.54, 1.807) is 0 Å². The van der Waals surface area contributed by atoms with Crippen LogP contribution in [0.3, 0.4) is 0 Å². The third kappa shape index (κ3) is 2.22. The zero-order valence-electron chi connectivity index (χ0n) is 12.2. The van der Waals surface area contributed by atoms with E-state index in [4.69, 9.17) is 0 Å². The molecule has 4 aliphatic rings. The van der Waals surface area contributed by atoms with Crippen LogP contribution < -0.4 is 0 Å². The van der Waals surface area contributed by atoms with E-state index in [9.17, 15) is 9.90 Å². The zero-order valence-corrected chi connectivity index (χ0v) is 13.0. The lowest BCUT2D eigenvalue weighted by Crippen LogP contribution is -2.54. The molecule has 4 rings (SSSR count). The Kier molecular flexibility index (Phi) is 3.59. The number of nitrogens with zero attached hydrogens (tertiary/aromatic N) is 1. The van der Waals surface area contributed by atoms with E-state index in [2.05, 4.69) is 47.4 Å². The van der Waals surface area contributed by atoms with E-state index in [1.165, 1.54) is 4.91 Å². The molecule has 1 saturated heterocycles. The number of hydrogen-bond acceptors (Lipinski definition) is 3. The third-order valence-electron chi connectivity index (χ3n) is 4.97. The lowest BCUT2D eigenvalue weighted by atomic mass is 9.80. The van der Waals surface area contributed by atoms with Crippen LogP contribution in [0.25, 0.3) is 0 Å². The molecule has 0 aromatic heterocycles. The van der Waals surface area contributed by atoms with Crippen LogP contribution in [0, 0.1) is 11.8 Å². The second kappa shape index (κ2) is 5.60. The van der Waals surface area contributed by atoms with Gasteiger partial charge in [0.2, 0.25) is 0 Å². The minimum absolute atomic E-state index is 0.0392. The maximum Gasteiger partial charge on any atom is 0.311 e. The number of carboxylic acid groups (broad SMARTS) is 1. The monoisotopic (exact) mass is 313 g/mol. The normalized spacial score (nSPS) is 39.5. The van der Waals surface area contributed by atoms with Gasteiger partial charge in [0, 0.05) is 29.8 Å². The standard InChI is InChI=1S/C18H19NO2S/c20-18(21)13-7-5-11-19-14-8-2-4-10-16(14)22-15-9-3-1-6-12(15)17(13)19/h1-5,7-10,12-14,16-17H,6,11H2,(H,20,21). The average Bonchev–Trinajstić information content (AvgIpc) is 2.69. The predicted octanol–water partition coefficient (Wildman–Crippen LogP) is 3.00. The first-order valence-corrected chi connectivity index (χ1v) is 8.67. The van der Waals surface area contributed by atoms with Crippen molar-refractivity contribution < 1.29 is 9.90 Å². The van der Waals surface area contributed by atoms with Crippen LogP contribution in [-0.4, -0.2) is 39.9 Å². The number of fused-ring (bicyclic) bond motifs is 5. The quantitative estimate of drug-likeness (QED) is 0.756. The zero-order chi connectivity index (χ0) is 15.1.